The van der Waals surface area contributed by atoms with Gasteiger partial charge in [-0.15, -0.1) is 11.3 Å². The summed E-state index contributed by atoms with van der Waals surface area (Å²) in [4.78, 5) is 25.5. The number of rotatable bonds is 6. The number of thiophene rings is 1. The molecular formula is C17H17Cl2NO3S. The van der Waals surface area contributed by atoms with Crippen molar-refractivity contribution in [2.45, 2.75) is 26.7 Å². The number of amides is 1. The normalized spacial score (nSPS) is 10.5. The van der Waals surface area contributed by atoms with E-state index in [1.807, 2.05) is 13.0 Å². The predicted molar refractivity (Wildman–Crippen MR) is 98.4 cm³/mol. The number of anilines is 1. The molecule has 0 unspecified atom stereocenters. The minimum atomic E-state index is -0.497. The van der Waals surface area contributed by atoms with E-state index >= 15 is 0 Å². The number of halogens is 2. The molecule has 1 amide bonds. The van der Waals surface area contributed by atoms with E-state index in [0.717, 1.165) is 23.3 Å². The minimum absolute atomic E-state index is 0.320. The zero-order valence-corrected chi connectivity index (χ0v) is 15.6. The molecule has 0 aliphatic rings. The molecule has 7 heteroatoms. The van der Waals surface area contributed by atoms with E-state index in [1.165, 1.54) is 17.4 Å². The number of ether oxygens (including phenoxy) is 1. The van der Waals surface area contributed by atoms with E-state index in [0.29, 0.717) is 20.6 Å². The lowest BCUT2D eigenvalue weighted by molar-refractivity contribution is -0.119. The fraction of sp³-hybridized carbons (Fsp3) is 0.294. The highest BCUT2D eigenvalue weighted by atomic mass is 35.5. The standard InChI is InChI=1S/C17H17Cl2NO3S/c1-3-4-11-7-15(24-10(11)2)17(22)23-9-16(21)20-14-6-5-12(18)8-13(14)19/h5-8H,3-4,9H2,1-2H3,(H,20,21). The fourth-order valence-corrected chi connectivity index (χ4v) is 3.54. The molecule has 0 saturated heterocycles. The summed E-state index contributed by atoms with van der Waals surface area (Å²) in [6.45, 7) is 3.68. The molecule has 1 aromatic carbocycles. The van der Waals surface area contributed by atoms with Crippen molar-refractivity contribution in [1.82, 2.24) is 0 Å². The second-order valence-electron chi connectivity index (χ2n) is 5.19. The molecule has 1 heterocycles. The Morgan fingerprint density at radius 1 is 1.25 bits per heavy atom. The van der Waals surface area contributed by atoms with Crippen LogP contribution in [-0.4, -0.2) is 18.5 Å². The zero-order chi connectivity index (χ0) is 17.7. The number of carbonyl (C=O) groups is 2. The highest BCUT2D eigenvalue weighted by Crippen LogP contribution is 2.26. The summed E-state index contributed by atoms with van der Waals surface area (Å²) in [5.74, 6) is -0.961. The summed E-state index contributed by atoms with van der Waals surface area (Å²) in [7, 11) is 0. The van der Waals surface area contributed by atoms with Crippen molar-refractivity contribution in [3.8, 4) is 0 Å². The van der Waals surface area contributed by atoms with Gasteiger partial charge >= 0.3 is 5.97 Å². The number of benzene rings is 1. The van der Waals surface area contributed by atoms with Crippen LogP contribution in [0, 0.1) is 6.92 Å². The first-order valence-electron chi connectivity index (χ1n) is 7.42. The van der Waals surface area contributed by atoms with Crippen LogP contribution in [0.2, 0.25) is 10.0 Å². The summed E-state index contributed by atoms with van der Waals surface area (Å²) in [5.41, 5.74) is 1.56. The summed E-state index contributed by atoms with van der Waals surface area (Å²) >= 11 is 13.2. The van der Waals surface area contributed by atoms with Gasteiger partial charge in [0.1, 0.15) is 4.88 Å². The third-order valence-corrected chi connectivity index (χ3v) is 4.90. The fourth-order valence-electron chi connectivity index (χ4n) is 2.12. The summed E-state index contributed by atoms with van der Waals surface area (Å²) in [6, 6.07) is 6.55. The molecule has 4 nitrogen and oxygen atoms in total. The molecule has 0 aliphatic heterocycles. The van der Waals surface area contributed by atoms with Gasteiger partial charge in [-0.3, -0.25) is 4.79 Å². The maximum absolute atomic E-state index is 12.0. The molecule has 2 rings (SSSR count). The minimum Gasteiger partial charge on any atom is -0.451 e. The zero-order valence-electron chi connectivity index (χ0n) is 13.3. The molecule has 1 aromatic heterocycles. The first kappa shape index (κ1) is 18.8. The molecular weight excluding hydrogens is 369 g/mol. The van der Waals surface area contributed by atoms with Gasteiger partial charge in [0.2, 0.25) is 0 Å². The van der Waals surface area contributed by atoms with Gasteiger partial charge in [0.05, 0.1) is 10.7 Å². The quantitative estimate of drug-likeness (QED) is 0.702. The van der Waals surface area contributed by atoms with Crippen molar-refractivity contribution in [2.75, 3.05) is 11.9 Å². The van der Waals surface area contributed by atoms with Crippen LogP contribution in [0.3, 0.4) is 0 Å². The van der Waals surface area contributed by atoms with E-state index in [9.17, 15) is 9.59 Å². The molecule has 0 bridgehead atoms. The van der Waals surface area contributed by atoms with Crippen molar-refractivity contribution in [2.24, 2.45) is 0 Å². The van der Waals surface area contributed by atoms with E-state index in [2.05, 4.69) is 12.2 Å². The largest absolute Gasteiger partial charge is 0.451 e. The lowest BCUT2D eigenvalue weighted by atomic mass is 10.1. The van der Waals surface area contributed by atoms with E-state index in [-0.39, 0.29) is 6.61 Å². The average Bonchev–Trinajstić information content (AvgIpc) is 2.89. The second-order valence-corrected chi connectivity index (χ2v) is 7.29. The first-order valence-corrected chi connectivity index (χ1v) is 8.99. The monoisotopic (exact) mass is 385 g/mol. The predicted octanol–water partition coefficient (Wildman–Crippen LogP) is 5.11. The Hall–Kier alpha value is -1.56. The van der Waals surface area contributed by atoms with Gasteiger partial charge in [-0.1, -0.05) is 36.5 Å². The van der Waals surface area contributed by atoms with Crippen LogP contribution in [0.4, 0.5) is 5.69 Å². The van der Waals surface area contributed by atoms with Gasteiger partial charge < -0.3 is 10.1 Å². The third kappa shape index (κ3) is 4.97. The van der Waals surface area contributed by atoms with Crippen LogP contribution in [-0.2, 0) is 16.0 Å². The van der Waals surface area contributed by atoms with Crippen LogP contribution in [0.5, 0.6) is 0 Å². The number of hydrogen-bond donors (Lipinski definition) is 1. The Kier molecular flexibility index (Phi) is 6.66. The van der Waals surface area contributed by atoms with E-state index in [4.69, 9.17) is 27.9 Å². The SMILES string of the molecule is CCCc1cc(C(=O)OCC(=O)Nc2ccc(Cl)cc2Cl)sc1C. The van der Waals surface area contributed by atoms with Gasteiger partial charge in [-0.2, -0.15) is 0 Å². The number of nitrogens with one attached hydrogen (secondary N) is 1. The molecule has 0 spiro atoms. The van der Waals surface area contributed by atoms with Crippen LogP contribution in [0.15, 0.2) is 24.3 Å². The summed E-state index contributed by atoms with van der Waals surface area (Å²) in [5, 5.41) is 3.37. The lowest BCUT2D eigenvalue weighted by Gasteiger charge is -2.07. The van der Waals surface area contributed by atoms with Crippen LogP contribution >= 0.6 is 34.5 Å². The van der Waals surface area contributed by atoms with Crippen molar-refractivity contribution in [3.63, 3.8) is 0 Å². The maximum atomic E-state index is 12.0. The van der Waals surface area contributed by atoms with Crippen molar-refractivity contribution < 1.29 is 14.3 Å². The molecule has 0 atom stereocenters. The van der Waals surface area contributed by atoms with E-state index < -0.39 is 11.9 Å². The van der Waals surface area contributed by atoms with Crippen LogP contribution in [0.1, 0.15) is 33.5 Å². The number of aryl methyl sites for hydroxylation is 2. The van der Waals surface area contributed by atoms with Crippen molar-refractivity contribution in [3.05, 3.63) is 49.6 Å². The Bertz CT molecular complexity index is 758. The molecule has 2 aromatic rings. The van der Waals surface area contributed by atoms with Crippen LogP contribution in [0.25, 0.3) is 0 Å². The van der Waals surface area contributed by atoms with Gasteiger partial charge in [-0.05, 0) is 43.2 Å². The summed E-state index contributed by atoms with van der Waals surface area (Å²) in [6.07, 6.45) is 1.93. The highest BCUT2D eigenvalue weighted by Gasteiger charge is 2.15. The second kappa shape index (κ2) is 8.51. The Morgan fingerprint density at radius 3 is 2.67 bits per heavy atom. The number of carbonyl (C=O) groups excluding carboxylic acids is 2. The summed E-state index contributed by atoms with van der Waals surface area (Å²) < 4.78 is 5.06. The van der Waals surface area contributed by atoms with Gasteiger partial charge in [0.25, 0.3) is 5.91 Å². The molecule has 0 fully saturated rings. The Balaban J connectivity index is 1.91. The Morgan fingerprint density at radius 2 is 2.00 bits per heavy atom. The molecule has 0 radical (unpaired) electrons. The van der Waals surface area contributed by atoms with Gasteiger partial charge in [0, 0.05) is 9.90 Å². The highest BCUT2D eigenvalue weighted by molar-refractivity contribution is 7.14. The van der Waals surface area contributed by atoms with E-state index in [1.54, 1.807) is 12.1 Å². The Labute approximate surface area is 154 Å². The van der Waals surface area contributed by atoms with Gasteiger partial charge in [0.15, 0.2) is 6.61 Å². The maximum Gasteiger partial charge on any atom is 0.348 e. The molecule has 128 valence electrons. The number of hydrogen-bond acceptors (Lipinski definition) is 4. The molecule has 24 heavy (non-hydrogen) atoms. The van der Waals surface area contributed by atoms with Crippen LogP contribution < -0.4 is 5.32 Å². The molecule has 0 saturated carbocycles. The topological polar surface area (TPSA) is 55.4 Å². The van der Waals surface area contributed by atoms with Gasteiger partial charge in [-0.25, -0.2) is 4.79 Å². The average molecular weight is 386 g/mol. The van der Waals surface area contributed by atoms with Crippen molar-refractivity contribution in [1.29, 1.82) is 0 Å². The van der Waals surface area contributed by atoms with Crippen molar-refractivity contribution >= 4 is 52.1 Å². The third-order valence-electron chi connectivity index (χ3n) is 3.28. The first-order chi connectivity index (χ1) is 11.4. The smallest absolute Gasteiger partial charge is 0.348 e. The molecule has 0 aliphatic carbocycles. The lowest BCUT2D eigenvalue weighted by Crippen LogP contribution is -2.20. The molecule has 1 N–H and O–H groups in total. The number of esters is 1.